The SMILES string of the molecule is CCN1CCOC(CNCCC(C)O)C1. The predicted octanol–water partition coefficient (Wildman–Crippen LogP) is 0.0676. The van der Waals surface area contributed by atoms with Crippen LogP contribution in [0.4, 0.5) is 0 Å². The van der Waals surface area contributed by atoms with Gasteiger partial charge in [-0.1, -0.05) is 6.92 Å². The van der Waals surface area contributed by atoms with Crippen molar-refractivity contribution in [2.45, 2.75) is 32.5 Å². The van der Waals surface area contributed by atoms with Gasteiger partial charge in [0.25, 0.3) is 0 Å². The number of aliphatic hydroxyl groups is 1. The Labute approximate surface area is 92.6 Å². The first-order chi connectivity index (χ1) is 7.22. The first-order valence-corrected chi connectivity index (χ1v) is 5.95. The monoisotopic (exact) mass is 216 g/mol. The second kappa shape index (κ2) is 7.17. The second-order valence-electron chi connectivity index (χ2n) is 4.23. The number of nitrogens with one attached hydrogen (secondary N) is 1. The Hall–Kier alpha value is -0.160. The van der Waals surface area contributed by atoms with E-state index in [-0.39, 0.29) is 6.10 Å². The summed E-state index contributed by atoms with van der Waals surface area (Å²) in [5, 5.41) is 12.4. The molecular weight excluding hydrogens is 192 g/mol. The topological polar surface area (TPSA) is 44.7 Å². The molecule has 0 aromatic heterocycles. The Bertz CT molecular complexity index is 165. The lowest BCUT2D eigenvalue weighted by molar-refractivity contribution is -0.0254. The summed E-state index contributed by atoms with van der Waals surface area (Å²) in [5.74, 6) is 0. The lowest BCUT2D eigenvalue weighted by Crippen LogP contribution is -2.46. The number of aliphatic hydroxyl groups excluding tert-OH is 1. The van der Waals surface area contributed by atoms with Crippen LogP contribution in [0.3, 0.4) is 0 Å². The molecule has 1 saturated heterocycles. The van der Waals surface area contributed by atoms with Crippen molar-refractivity contribution in [3.05, 3.63) is 0 Å². The molecule has 0 aliphatic carbocycles. The largest absolute Gasteiger partial charge is 0.393 e. The minimum absolute atomic E-state index is 0.211. The van der Waals surface area contributed by atoms with Gasteiger partial charge in [0.15, 0.2) is 0 Å². The fourth-order valence-corrected chi connectivity index (χ4v) is 1.77. The van der Waals surface area contributed by atoms with Gasteiger partial charge in [-0.15, -0.1) is 0 Å². The van der Waals surface area contributed by atoms with Crippen LogP contribution in [0.15, 0.2) is 0 Å². The summed E-state index contributed by atoms with van der Waals surface area (Å²) in [4.78, 5) is 2.41. The summed E-state index contributed by atoms with van der Waals surface area (Å²) in [6, 6.07) is 0. The van der Waals surface area contributed by atoms with Crippen molar-refractivity contribution >= 4 is 0 Å². The highest BCUT2D eigenvalue weighted by atomic mass is 16.5. The third kappa shape index (κ3) is 5.47. The molecule has 0 aromatic rings. The van der Waals surface area contributed by atoms with Gasteiger partial charge >= 0.3 is 0 Å². The highest BCUT2D eigenvalue weighted by Gasteiger charge is 2.18. The van der Waals surface area contributed by atoms with Gasteiger partial charge in [-0.05, 0) is 26.4 Å². The number of likely N-dealkylation sites (N-methyl/N-ethyl adjacent to an activating group) is 1. The molecule has 4 nitrogen and oxygen atoms in total. The molecule has 2 N–H and O–H groups in total. The summed E-state index contributed by atoms with van der Waals surface area (Å²) in [6.45, 7) is 9.79. The van der Waals surface area contributed by atoms with Crippen LogP contribution in [0.2, 0.25) is 0 Å². The number of hydrogen-bond acceptors (Lipinski definition) is 4. The molecule has 0 aromatic carbocycles. The van der Waals surface area contributed by atoms with E-state index >= 15 is 0 Å². The van der Waals surface area contributed by atoms with E-state index in [1.54, 1.807) is 0 Å². The smallest absolute Gasteiger partial charge is 0.0826 e. The van der Waals surface area contributed by atoms with Gasteiger partial charge in [-0.3, -0.25) is 4.90 Å². The van der Waals surface area contributed by atoms with Crippen LogP contribution in [0.1, 0.15) is 20.3 Å². The van der Waals surface area contributed by atoms with Crippen molar-refractivity contribution in [2.24, 2.45) is 0 Å². The molecule has 0 spiro atoms. The first-order valence-electron chi connectivity index (χ1n) is 5.95. The van der Waals surface area contributed by atoms with E-state index < -0.39 is 0 Å². The molecule has 1 aliphatic heterocycles. The molecule has 4 heteroatoms. The normalized spacial score (nSPS) is 25.4. The molecule has 2 unspecified atom stereocenters. The molecule has 0 saturated carbocycles. The van der Waals surface area contributed by atoms with Gasteiger partial charge in [0.2, 0.25) is 0 Å². The molecule has 0 bridgehead atoms. The van der Waals surface area contributed by atoms with Crippen LogP contribution in [0, 0.1) is 0 Å². The second-order valence-corrected chi connectivity index (χ2v) is 4.23. The Balaban J connectivity index is 2.05. The molecule has 1 heterocycles. The third-order valence-corrected chi connectivity index (χ3v) is 2.78. The van der Waals surface area contributed by atoms with Gasteiger partial charge in [0.05, 0.1) is 18.8 Å². The van der Waals surface area contributed by atoms with Crippen molar-refractivity contribution in [3.8, 4) is 0 Å². The van der Waals surface area contributed by atoms with Crippen LogP contribution in [-0.2, 0) is 4.74 Å². The van der Waals surface area contributed by atoms with Crippen molar-refractivity contribution in [1.82, 2.24) is 10.2 Å². The van der Waals surface area contributed by atoms with Crippen LogP contribution < -0.4 is 5.32 Å². The maximum atomic E-state index is 9.09. The zero-order valence-electron chi connectivity index (χ0n) is 9.91. The summed E-state index contributed by atoms with van der Waals surface area (Å²) in [7, 11) is 0. The van der Waals surface area contributed by atoms with Gasteiger partial charge in [0.1, 0.15) is 0 Å². The number of morpholine rings is 1. The summed E-state index contributed by atoms with van der Waals surface area (Å²) >= 11 is 0. The van der Waals surface area contributed by atoms with Crippen LogP contribution in [-0.4, -0.2) is 61.5 Å². The maximum absolute atomic E-state index is 9.09. The standard InChI is InChI=1S/C11H24N2O2/c1-3-13-6-7-15-11(9-13)8-12-5-4-10(2)14/h10-12,14H,3-9H2,1-2H3. The summed E-state index contributed by atoms with van der Waals surface area (Å²) < 4.78 is 5.65. The van der Waals surface area contributed by atoms with Crippen molar-refractivity contribution in [1.29, 1.82) is 0 Å². The number of ether oxygens (including phenoxy) is 1. The van der Waals surface area contributed by atoms with Crippen LogP contribution in [0.25, 0.3) is 0 Å². The Kier molecular flexibility index (Phi) is 6.17. The average molecular weight is 216 g/mol. The van der Waals surface area contributed by atoms with Gasteiger partial charge in [-0.25, -0.2) is 0 Å². The van der Waals surface area contributed by atoms with E-state index in [2.05, 4.69) is 17.1 Å². The predicted molar refractivity (Wildman–Crippen MR) is 61.0 cm³/mol. The first kappa shape index (κ1) is 12.9. The van der Waals surface area contributed by atoms with Gasteiger partial charge < -0.3 is 15.2 Å². The lowest BCUT2D eigenvalue weighted by Gasteiger charge is -2.32. The Morgan fingerprint density at radius 1 is 1.60 bits per heavy atom. The van der Waals surface area contributed by atoms with Crippen molar-refractivity contribution in [2.75, 3.05) is 39.3 Å². The minimum atomic E-state index is -0.211. The Morgan fingerprint density at radius 2 is 2.40 bits per heavy atom. The summed E-state index contributed by atoms with van der Waals surface area (Å²) in [5.41, 5.74) is 0. The van der Waals surface area contributed by atoms with Crippen molar-refractivity contribution < 1.29 is 9.84 Å². The molecule has 1 rings (SSSR count). The molecule has 1 aliphatic rings. The molecule has 0 radical (unpaired) electrons. The summed E-state index contributed by atoms with van der Waals surface area (Å²) in [6.07, 6.45) is 0.911. The highest BCUT2D eigenvalue weighted by molar-refractivity contribution is 4.72. The van der Waals surface area contributed by atoms with Gasteiger partial charge in [0, 0.05) is 19.6 Å². The highest BCUT2D eigenvalue weighted by Crippen LogP contribution is 2.03. The number of rotatable bonds is 6. The van der Waals surface area contributed by atoms with Crippen LogP contribution >= 0.6 is 0 Å². The molecule has 90 valence electrons. The van der Waals surface area contributed by atoms with Crippen molar-refractivity contribution in [3.63, 3.8) is 0 Å². The van der Waals surface area contributed by atoms with E-state index in [0.717, 1.165) is 45.8 Å². The zero-order chi connectivity index (χ0) is 11.1. The maximum Gasteiger partial charge on any atom is 0.0826 e. The molecular formula is C11H24N2O2. The molecule has 15 heavy (non-hydrogen) atoms. The quantitative estimate of drug-likeness (QED) is 0.617. The third-order valence-electron chi connectivity index (χ3n) is 2.78. The fourth-order valence-electron chi connectivity index (χ4n) is 1.77. The molecule has 2 atom stereocenters. The molecule has 0 amide bonds. The zero-order valence-corrected chi connectivity index (χ0v) is 9.91. The molecule has 1 fully saturated rings. The van der Waals surface area contributed by atoms with Crippen LogP contribution in [0.5, 0.6) is 0 Å². The number of nitrogens with zero attached hydrogens (tertiary/aromatic N) is 1. The minimum Gasteiger partial charge on any atom is -0.393 e. The number of hydrogen-bond donors (Lipinski definition) is 2. The van der Waals surface area contributed by atoms with E-state index in [9.17, 15) is 0 Å². The van der Waals surface area contributed by atoms with E-state index in [1.165, 1.54) is 0 Å². The van der Waals surface area contributed by atoms with E-state index in [0.29, 0.717) is 6.10 Å². The van der Waals surface area contributed by atoms with E-state index in [4.69, 9.17) is 9.84 Å². The van der Waals surface area contributed by atoms with Gasteiger partial charge in [-0.2, -0.15) is 0 Å². The lowest BCUT2D eigenvalue weighted by atomic mass is 10.2. The fraction of sp³-hybridized carbons (Fsp3) is 1.00. The average Bonchev–Trinajstić information content (AvgIpc) is 2.24. The Morgan fingerprint density at radius 3 is 3.07 bits per heavy atom. The van der Waals surface area contributed by atoms with E-state index in [1.807, 2.05) is 6.92 Å².